The number of nitrogens with zero attached hydrogens (tertiary/aromatic N) is 1. The average Bonchev–Trinajstić information content (AvgIpc) is 2.10. The molecule has 0 aliphatic carbocycles. The van der Waals surface area contributed by atoms with Crippen LogP contribution in [0.5, 0.6) is 0 Å². The van der Waals surface area contributed by atoms with Crippen LogP contribution in [-0.2, 0) is 0 Å². The molecule has 1 unspecified atom stereocenters. The summed E-state index contributed by atoms with van der Waals surface area (Å²) in [6.07, 6.45) is -0.877. The van der Waals surface area contributed by atoms with Crippen LogP contribution in [0.2, 0.25) is 0 Å². The minimum atomic E-state index is -2.32. The molecular formula is C10H19F2NO. The number of hydrogen-bond acceptors (Lipinski definition) is 2. The van der Waals surface area contributed by atoms with Gasteiger partial charge in [0, 0.05) is 19.0 Å². The van der Waals surface area contributed by atoms with Crippen LogP contribution in [0, 0.1) is 5.92 Å². The highest BCUT2D eigenvalue weighted by Crippen LogP contribution is 2.30. The molecule has 4 heteroatoms. The van der Waals surface area contributed by atoms with Crippen molar-refractivity contribution in [1.29, 1.82) is 0 Å². The van der Waals surface area contributed by atoms with Gasteiger partial charge in [0.1, 0.15) is 0 Å². The fourth-order valence-electron chi connectivity index (χ4n) is 1.93. The van der Waals surface area contributed by atoms with E-state index in [2.05, 4.69) is 4.90 Å². The van der Waals surface area contributed by atoms with E-state index < -0.39 is 17.9 Å². The van der Waals surface area contributed by atoms with Gasteiger partial charge in [-0.3, -0.25) is 0 Å². The van der Waals surface area contributed by atoms with Crippen LogP contribution in [0.15, 0.2) is 0 Å². The molecule has 84 valence electrons. The van der Waals surface area contributed by atoms with Crippen LogP contribution in [0.1, 0.15) is 26.2 Å². The Bertz CT molecular complexity index is 179. The maximum atomic E-state index is 12.3. The van der Waals surface area contributed by atoms with Crippen LogP contribution in [0.4, 0.5) is 8.78 Å². The molecule has 0 amide bonds. The van der Waals surface area contributed by atoms with Crippen LogP contribution in [-0.4, -0.2) is 42.2 Å². The third kappa shape index (κ3) is 3.17. The van der Waals surface area contributed by atoms with Crippen molar-refractivity contribution in [2.45, 2.75) is 38.2 Å². The van der Waals surface area contributed by atoms with Crippen molar-refractivity contribution in [3.05, 3.63) is 0 Å². The van der Waals surface area contributed by atoms with Gasteiger partial charge in [-0.25, -0.2) is 8.78 Å². The van der Waals surface area contributed by atoms with Crippen molar-refractivity contribution < 1.29 is 13.9 Å². The lowest BCUT2D eigenvalue weighted by Crippen LogP contribution is -2.44. The van der Waals surface area contributed by atoms with Crippen molar-refractivity contribution in [2.75, 3.05) is 20.1 Å². The van der Waals surface area contributed by atoms with E-state index in [4.69, 9.17) is 0 Å². The Morgan fingerprint density at radius 2 is 1.86 bits per heavy atom. The summed E-state index contributed by atoms with van der Waals surface area (Å²) in [6, 6.07) is 0. The van der Waals surface area contributed by atoms with E-state index in [1.807, 2.05) is 7.05 Å². The van der Waals surface area contributed by atoms with Crippen LogP contribution in [0.25, 0.3) is 0 Å². The molecule has 1 rings (SSSR count). The number of hydrogen-bond donors (Lipinski definition) is 1. The van der Waals surface area contributed by atoms with Crippen LogP contribution >= 0.6 is 0 Å². The van der Waals surface area contributed by atoms with Crippen molar-refractivity contribution in [1.82, 2.24) is 4.90 Å². The lowest BCUT2D eigenvalue weighted by atomic mass is 9.83. The minimum absolute atomic E-state index is 0.221. The van der Waals surface area contributed by atoms with Gasteiger partial charge in [0.2, 0.25) is 6.43 Å². The Balaban J connectivity index is 2.42. The second-order valence-electron chi connectivity index (χ2n) is 4.54. The van der Waals surface area contributed by atoms with Gasteiger partial charge in [0.25, 0.3) is 0 Å². The SMILES string of the molecule is CC(CC1(O)CCN(C)CC1)C(F)F. The standard InChI is InChI=1S/C10H19F2NO/c1-8(9(11)12)7-10(14)3-5-13(2)6-4-10/h8-9,14H,3-7H2,1-2H3. The van der Waals surface area contributed by atoms with Gasteiger partial charge in [0.15, 0.2) is 0 Å². The molecule has 0 saturated carbocycles. The predicted octanol–water partition coefficient (Wildman–Crippen LogP) is 1.73. The monoisotopic (exact) mass is 207 g/mol. The molecule has 1 fully saturated rings. The number of rotatable bonds is 3. The Labute approximate surface area is 83.9 Å². The highest BCUT2D eigenvalue weighted by Gasteiger charge is 2.34. The first-order chi connectivity index (χ1) is 6.43. The lowest BCUT2D eigenvalue weighted by molar-refractivity contribution is -0.0533. The van der Waals surface area contributed by atoms with Gasteiger partial charge >= 0.3 is 0 Å². The quantitative estimate of drug-likeness (QED) is 0.762. The zero-order chi connectivity index (χ0) is 10.8. The van der Waals surface area contributed by atoms with Gasteiger partial charge in [0.05, 0.1) is 5.60 Å². The van der Waals surface area contributed by atoms with Gasteiger partial charge in [-0.1, -0.05) is 6.92 Å². The Kier molecular flexibility index (Phi) is 3.84. The topological polar surface area (TPSA) is 23.5 Å². The van der Waals surface area contributed by atoms with Gasteiger partial charge in [-0.15, -0.1) is 0 Å². The van der Waals surface area contributed by atoms with Crippen molar-refractivity contribution in [3.63, 3.8) is 0 Å². The van der Waals surface area contributed by atoms with E-state index >= 15 is 0 Å². The van der Waals surface area contributed by atoms with Crippen molar-refractivity contribution >= 4 is 0 Å². The summed E-state index contributed by atoms with van der Waals surface area (Å²) in [5, 5.41) is 10.0. The lowest BCUT2D eigenvalue weighted by Gasteiger charge is -2.38. The normalized spacial score (nSPS) is 25.3. The first-order valence-electron chi connectivity index (χ1n) is 5.12. The predicted molar refractivity (Wildman–Crippen MR) is 51.5 cm³/mol. The minimum Gasteiger partial charge on any atom is -0.390 e. The van der Waals surface area contributed by atoms with Gasteiger partial charge in [-0.05, 0) is 26.3 Å². The molecule has 0 radical (unpaired) electrons. The molecule has 1 aliphatic rings. The summed E-state index contributed by atoms with van der Waals surface area (Å²) in [7, 11) is 1.98. The maximum absolute atomic E-state index is 12.3. The number of piperidine rings is 1. The third-order valence-corrected chi connectivity index (χ3v) is 3.05. The van der Waals surface area contributed by atoms with E-state index in [1.54, 1.807) is 0 Å². The van der Waals surface area contributed by atoms with Crippen LogP contribution in [0.3, 0.4) is 0 Å². The second-order valence-corrected chi connectivity index (χ2v) is 4.54. The molecule has 0 spiro atoms. The second kappa shape index (κ2) is 4.53. The number of alkyl halides is 2. The zero-order valence-corrected chi connectivity index (χ0v) is 8.84. The molecule has 1 N–H and O–H groups in total. The average molecular weight is 207 g/mol. The summed E-state index contributed by atoms with van der Waals surface area (Å²) in [5.74, 6) is -0.705. The number of likely N-dealkylation sites (tertiary alicyclic amines) is 1. The van der Waals surface area contributed by atoms with E-state index in [1.165, 1.54) is 6.92 Å². The summed E-state index contributed by atoms with van der Waals surface area (Å²) < 4.78 is 24.6. The van der Waals surface area contributed by atoms with Crippen molar-refractivity contribution in [3.8, 4) is 0 Å². The third-order valence-electron chi connectivity index (χ3n) is 3.05. The summed E-state index contributed by atoms with van der Waals surface area (Å²) >= 11 is 0. The molecule has 0 bridgehead atoms. The van der Waals surface area contributed by atoms with Crippen molar-refractivity contribution in [2.24, 2.45) is 5.92 Å². The highest BCUT2D eigenvalue weighted by molar-refractivity contribution is 4.86. The van der Waals surface area contributed by atoms with E-state index in [0.717, 1.165) is 13.1 Å². The summed E-state index contributed by atoms with van der Waals surface area (Å²) in [4.78, 5) is 2.11. The van der Waals surface area contributed by atoms with E-state index in [0.29, 0.717) is 12.8 Å². The van der Waals surface area contributed by atoms with E-state index in [-0.39, 0.29) is 6.42 Å². The smallest absolute Gasteiger partial charge is 0.241 e. The maximum Gasteiger partial charge on any atom is 0.241 e. The first-order valence-corrected chi connectivity index (χ1v) is 5.12. The van der Waals surface area contributed by atoms with Gasteiger partial charge < -0.3 is 10.0 Å². The fourth-order valence-corrected chi connectivity index (χ4v) is 1.93. The Hall–Kier alpha value is -0.220. The molecule has 1 saturated heterocycles. The van der Waals surface area contributed by atoms with Crippen LogP contribution < -0.4 is 0 Å². The molecule has 0 aromatic heterocycles. The molecule has 1 heterocycles. The largest absolute Gasteiger partial charge is 0.390 e. The summed E-state index contributed by atoms with van der Waals surface area (Å²) in [5.41, 5.74) is -0.859. The molecule has 14 heavy (non-hydrogen) atoms. The fraction of sp³-hybridized carbons (Fsp3) is 1.00. The Morgan fingerprint density at radius 1 is 1.36 bits per heavy atom. The molecule has 1 aliphatic heterocycles. The molecule has 0 aromatic carbocycles. The molecule has 0 aromatic rings. The van der Waals surface area contributed by atoms with E-state index in [9.17, 15) is 13.9 Å². The summed E-state index contributed by atoms with van der Waals surface area (Å²) in [6.45, 7) is 3.10. The Morgan fingerprint density at radius 3 is 2.29 bits per heavy atom. The van der Waals surface area contributed by atoms with Gasteiger partial charge in [-0.2, -0.15) is 0 Å². The molecule has 2 nitrogen and oxygen atoms in total. The molecular weight excluding hydrogens is 188 g/mol. The number of halogens is 2. The molecule has 1 atom stereocenters. The number of aliphatic hydroxyl groups is 1. The highest BCUT2D eigenvalue weighted by atomic mass is 19.3. The zero-order valence-electron chi connectivity index (χ0n) is 8.84. The first kappa shape index (κ1) is 11.9.